The van der Waals surface area contributed by atoms with E-state index in [2.05, 4.69) is 9.72 Å². The number of methoxy groups -OCH3 is 1. The average molecular weight is 232 g/mol. The molecule has 0 saturated heterocycles. The topological polar surface area (TPSA) is 82.3 Å². The number of nitrogens with zero attached hydrogens (tertiary/aromatic N) is 2. The number of hydrogen-bond donors (Lipinski definition) is 0. The lowest BCUT2D eigenvalue weighted by atomic mass is 10.1. The Labute approximate surface area is 88.0 Å². The van der Waals surface area contributed by atoms with E-state index in [1.165, 1.54) is 0 Å². The summed E-state index contributed by atoms with van der Waals surface area (Å²) >= 11 is 0. The minimum absolute atomic E-state index is 0.122. The molecule has 0 bridgehead atoms. The molecule has 0 fully saturated rings. The van der Waals surface area contributed by atoms with Gasteiger partial charge < -0.3 is 14.9 Å². The van der Waals surface area contributed by atoms with Gasteiger partial charge in [-0.25, -0.2) is 8.78 Å². The van der Waals surface area contributed by atoms with Crippen molar-refractivity contribution in [1.29, 1.82) is 0 Å². The van der Waals surface area contributed by atoms with Crippen molar-refractivity contribution in [2.24, 2.45) is 0 Å². The number of alkyl halides is 2. The van der Waals surface area contributed by atoms with Gasteiger partial charge in [0.1, 0.15) is 5.56 Å². The summed E-state index contributed by atoms with van der Waals surface area (Å²) in [6.07, 6.45) is -2.90. The van der Waals surface area contributed by atoms with Crippen LogP contribution in [0.4, 0.5) is 14.6 Å². The highest BCUT2D eigenvalue weighted by Gasteiger charge is 2.25. The first-order valence-electron chi connectivity index (χ1n) is 3.98. The van der Waals surface area contributed by atoms with Gasteiger partial charge in [-0.2, -0.15) is 0 Å². The monoisotopic (exact) mass is 232 g/mol. The Morgan fingerprint density at radius 1 is 1.62 bits per heavy atom. The van der Waals surface area contributed by atoms with Crippen LogP contribution in [-0.2, 0) is 0 Å². The number of carbonyl (C=O) groups excluding carboxylic acids is 1. The van der Waals surface area contributed by atoms with Crippen LogP contribution in [0, 0.1) is 10.1 Å². The molecule has 8 heteroatoms. The molecule has 86 valence electrons. The Morgan fingerprint density at radius 2 is 2.25 bits per heavy atom. The Bertz CT molecular complexity index is 436. The van der Waals surface area contributed by atoms with Crippen LogP contribution in [-0.4, -0.2) is 23.3 Å². The molecule has 16 heavy (non-hydrogen) atoms. The van der Waals surface area contributed by atoms with E-state index >= 15 is 0 Å². The van der Waals surface area contributed by atoms with Crippen LogP contribution in [0.1, 0.15) is 22.3 Å². The van der Waals surface area contributed by atoms with Crippen molar-refractivity contribution in [3.8, 4) is 5.88 Å². The van der Waals surface area contributed by atoms with Gasteiger partial charge in [-0.1, -0.05) is 0 Å². The van der Waals surface area contributed by atoms with E-state index in [0.717, 1.165) is 7.11 Å². The maximum absolute atomic E-state index is 12.5. The predicted octanol–water partition coefficient (Wildman–Crippen LogP) is 1.75. The fourth-order valence-corrected chi connectivity index (χ4v) is 1.08. The molecule has 0 aliphatic heterocycles. The largest absolute Gasteiger partial charge is 0.462 e. The lowest BCUT2D eigenvalue weighted by molar-refractivity contribution is -0.389. The van der Waals surface area contributed by atoms with Crippen molar-refractivity contribution >= 4 is 12.1 Å². The first kappa shape index (κ1) is 12.0. The van der Waals surface area contributed by atoms with E-state index in [1.807, 2.05) is 0 Å². The summed E-state index contributed by atoms with van der Waals surface area (Å²) in [5.41, 5.74) is -1.25. The molecule has 0 atom stereocenters. The Kier molecular flexibility index (Phi) is 3.44. The zero-order chi connectivity index (χ0) is 12.3. The van der Waals surface area contributed by atoms with Crippen molar-refractivity contribution in [1.82, 2.24) is 4.98 Å². The second kappa shape index (κ2) is 4.60. The highest BCUT2D eigenvalue weighted by molar-refractivity contribution is 5.81. The van der Waals surface area contributed by atoms with Crippen LogP contribution < -0.4 is 4.74 Å². The molecule has 0 N–H and O–H groups in total. The lowest BCUT2D eigenvalue weighted by Crippen LogP contribution is -2.03. The Balaban J connectivity index is 3.49. The third kappa shape index (κ3) is 2.10. The Morgan fingerprint density at radius 3 is 2.62 bits per heavy atom. The third-order valence-electron chi connectivity index (χ3n) is 1.78. The molecule has 1 aromatic heterocycles. The SMILES string of the molecule is COc1nc([N+](=O)[O-])cc(C(F)F)c1C=O. The zero-order valence-corrected chi connectivity index (χ0v) is 8.02. The molecule has 0 aromatic carbocycles. The number of hydrogen-bond acceptors (Lipinski definition) is 5. The molecule has 6 nitrogen and oxygen atoms in total. The molecular weight excluding hydrogens is 226 g/mol. The van der Waals surface area contributed by atoms with Gasteiger partial charge in [0.05, 0.1) is 7.11 Å². The molecule has 1 heterocycles. The number of pyridine rings is 1. The molecule has 0 aliphatic rings. The number of aldehydes is 1. The normalized spacial score (nSPS) is 10.2. The molecule has 1 aromatic rings. The quantitative estimate of drug-likeness (QED) is 0.448. The maximum atomic E-state index is 12.5. The highest BCUT2D eigenvalue weighted by Crippen LogP contribution is 2.30. The number of aromatic nitrogens is 1. The molecular formula is C8H6F2N2O4. The minimum atomic E-state index is -3.02. The van der Waals surface area contributed by atoms with Gasteiger partial charge in [-0.05, 0) is 4.92 Å². The van der Waals surface area contributed by atoms with Crippen LogP contribution in [0.15, 0.2) is 6.07 Å². The molecule has 0 aliphatic carbocycles. The van der Waals surface area contributed by atoms with Crippen molar-refractivity contribution in [2.45, 2.75) is 6.43 Å². The molecule has 0 radical (unpaired) electrons. The van der Waals surface area contributed by atoms with Crippen LogP contribution >= 0.6 is 0 Å². The number of nitro groups is 1. The fourth-order valence-electron chi connectivity index (χ4n) is 1.08. The second-order valence-electron chi connectivity index (χ2n) is 2.67. The summed E-state index contributed by atoms with van der Waals surface area (Å²) in [7, 11) is 1.08. The minimum Gasteiger partial charge on any atom is -0.462 e. The second-order valence-corrected chi connectivity index (χ2v) is 2.67. The van der Waals surface area contributed by atoms with Gasteiger partial charge in [-0.3, -0.25) is 4.79 Å². The van der Waals surface area contributed by atoms with Crippen molar-refractivity contribution < 1.29 is 23.2 Å². The van der Waals surface area contributed by atoms with Gasteiger partial charge in [0.2, 0.25) is 0 Å². The molecule has 0 saturated carbocycles. The van der Waals surface area contributed by atoms with Crippen molar-refractivity contribution in [3.05, 3.63) is 27.3 Å². The summed E-state index contributed by atoms with van der Waals surface area (Å²) in [6.45, 7) is 0. The van der Waals surface area contributed by atoms with Crippen molar-refractivity contribution in [2.75, 3.05) is 7.11 Å². The van der Waals surface area contributed by atoms with E-state index < -0.39 is 34.2 Å². The molecule has 0 unspecified atom stereocenters. The predicted molar refractivity (Wildman–Crippen MR) is 47.8 cm³/mol. The van der Waals surface area contributed by atoms with Crippen LogP contribution in [0.3, 0.4) is 0 Å². The molecule has 1 rings (SSSR count). The number of halogens is 2. The standard InChI is InChI=1S/C8H6F2N2O4/c1-16-8-5(3-13)4(7(9)10)2-6(11-8)12(14)15/h2-3,7H,1H3. The molecule has 0 spiro atoms. The first-order valence-corrected chi connectivity index (χ1v) is 3.98. The van der Waals surface area contributed by atoms with Gasteiger partial charge in [0.15, 0.2) is 6.29 Å². The van der Waals surface area contributed by atoms with Crippen LogP contribution in [0.5, 0.6) is 5.88 Å². The van der Waals surface area contributed by atoms with Gasteiger partial charge in [0.25, 0.3) is 6.43 Å². The number of rotatable bonds is 4. The lowest BCUT2D eigenvalue weighted by Gasteiger charge is -2.04. The number of ether oxygens (including phenoxy) is 1. The summed E-state index contributed by atoms with van der Waals surface area (Å²) in [4.78, 5) is 23.3. The zero-order valence-electron chi connectivity index (χ0n) is 8.02. The third-order valence-corrected chi connectivity index (χ3v) is 1.78. The summed E-state index contributed by atoms with van der Waals surface area (Å²) in [6, 6.07) is 0.552. The van der Waals surface area contributed by atoms with Crippen LogP contribution in [0.25, 0.3) is 0 Å². The van der Waals surface area contributed by atoms with Gasteiger partial charge in [0, 0.05) is 16.6 Å². The summed E-state index contributed by atoms with van der Waals surface area (Å²) in [5, 5.41) is 10.4. The van der Waals surface area contributed by atoms with E-state index in [9.17, 15) is 23.7 Å². The van der Waals surface area contributed by atoms with E-state index in [0.29, 0.717) is 6.07 Å². The smallest absolute Gasteiger partial charge is 0.368 e. The summed E-state index contributed by atoms with van der Waals surface area (Å²) in [5.74, 6) is -1.28. The first-order chi connectivity index (χ1) is 7.51. The number of carbonyl (C=O) groups is 1. The maximum Gasteiger partial charge on any atom is 0.368 e. The van der Waals surface area contributed by atoms with E-state index in [-0.39, 0.29) is 6.29 Å². The van der Waals surface area contributed by atoms with Crippen LogP contribution in [0.2, 0.25) is 0 Å². The highest BCUT2D eigenvalue weighted by atomic mass is 19.3. The van der Waals surface area contributed by atoms with E-state index in [1.54, 1.807) is 0 Å². The summed E-state index contributed by atoms with van der Waals surface area (Å²) < 4.78 is 29.6. The average Bonchev–Trinajstić information content (AvgIpc) is 2.26. The molecule has 0 amide bonds. The Hall–Kier alpha value is -2.12. The van der Waals surface area contributed by atoms with Gasteiger partial charge in [-0.15, -0.1) is 0 Å². The fraction of sp³-hybridized carbons (Fsp3) is 0.250. The van der Waals surface area contributed by atoms with Crippen molar-refractivity contribution in [3.63, 3.8) is 0 Å². The van der Waals surface area contributed by atoms with E-state index in [4.69, 9.17) is 0 Å². The van der Waals surface area contributed by atoms with Gasteiger partial charge >= 0.3 is 11.7 Å².